The maximum Gasteiger partial charge on any atom is 0.472 e. The molecule has 0 aromatic heterocycles. The van der Waals surface area contributed by atoms with E-state index in [0.717, 1.165) is 114 Å². The van der Waals surface area contributed by atoms with Crippen LogP contribution in [0.15, 0.2) is 0 Å². The predicted octanol–water partition coefficient (Wildman–Crippen LogP) is 17.8. The highest BCUT2D eigenvalue weighted by atomic mass is 31.2. The Labute approximate surface area is 511 Å². The number of ether oxygens (including phenoxy) is 4. The molecule has 3 unspecified atom stereocenters. The van der Waals surface area contributed by atoms with Crippen LogP contribution in [-0.2, 0) is 65.4 Å². The van der Waals surface area contributed by atoms with Crippen LogP contribution < -0.4 is 0 Å². The second-order valence-electron chi connectivity index (χ2n) is 25.2. The molecule has 6 atom stereocenters. The van der Waals surface area contributed by atoms with Crippen LogP contribution in [0.3, 0.4) is 0 Å². The highest BCUT2D eigenvalue weighted by Crippen LogP contribution is 2.45. The SMILES string of the molecule is CCC(C)CCCCCCCCC(=O)OC[C@H](COP(=O)(O)OC[C@H](O)COP(=O)(O)OC[C@@H](COC(=O)CCCCCCCCCCC(C)C)OC(=O)CCCCCCCCCCCCC(C)C)OC(=O)CCCCCCCCCC(C)C. The van der Waals surface area contributed by atoms with Crippen molar-refractivity contribution in [3.8, 4) is 0 Å². The number of phosphoric ester groups is 2. The molecule has 0 spiro atoms. The van der Waals surface area contributed by atoms with Crippen molar-refractivity contribution in [3.63, 3.8) is 0 Å². The molecule has 0 aromatic carbocycles. The van der Waals surface area contributed by atoms with Crippen LogP contribution in [0.1, 0.15) is 312 Å². The van der Waals surface area contributed by atoms with E-state index >= 15 is 0 Å². The van der Waals surface area contributed by atoms with E-state index in [2.05, 4.69) is 55.4 Å². The summed E-state index contributed by atoms with van der Waals surface area (Å²) in [5.41, 5.74) is 0. The summed E-state index contributed by atoms with van der Waals surface area (Å²) in [7, 11) is -9.89. The van der Waals surface area contributed by atoms with Gasteiger partial charge in [0.2, 0.25) is 0 Å². The number of carbonyl (C=O) groups is 4. The molecule has 0 aliphatic carbocycles. The zero-order valence-electron chi connectivity index (χ0n) is 54.5. The Morgan fingerprint density at radius 1 is 0.333 bits per heavy atom. The molecule has 17 nitrogen and oxygen atoms in total. The van der Waals surface area contributed by atoms with Gasteiger partial charge in [-0.15, -0.1) is 0 Å². The summed E-state index contributed by atoms with van der Waals surface area (Å²) in [6.07, 6.45) is 35.0. The van der Waals surface area contributed by atoms with E-state index in [1.165, 1.54) is 109 Å². The van der Waals surface area contributed by atoms with Crippen LogP contribution in [0.4, 0.5) is 0 Å². The van der Waals surface area contributed by atoms with Gasteiger partial charge in [0.15, 0.2) is 12.2 Å². The minimum atomic E-state index is -4.95. The maximum atomic E-state index is 13.0. The fourth-order valence-electron chi connectivity index (χ4n) is 9.57. The largest absolute Gasteiger partial charge is 0.472 e. The third-order valence-electron chi connectivity index (χ3n) is 15.2. The molecule has 0 aliphatic rings. The molecule has 0 heterocycles. The molecule has 0 rings (SSSR count). The Bertz CT molecular complexity index is 1680. The third-order valence-corrected chi connectivity index (χ3v) is 17.1. The Morgan fingerprint density at radius 3 is 0.845 bits per heavy atom. The highest BCUT2D eigenvalue weighted by Gasteiger charge is 2.30. The van der Waals surface area contributed by atoms with E-state index < -0.39 is 97.5 Å². The lowest BCUT2D eigenvalue weighted by Gasteiger charge is -2.21. The van der Waals surface area contributed by atoms with E-state index in [9.17, 15) is 43.2 Å². The van der Waals surface area contributed by atoms with E-state index in [0.29, 0.717) is 31.6 Å². The predicted molar refractivity (Wildman–Crippen MR) is 335 cm³/mol. The number of esters is 4. The standard InChI is InChI=1S/C65H126O17P2/c1-9-58(8)44-36-28-23-24-30-38-46-63(68)76-52-61(82-65(70)48-40-32-22-16-19-27-35-43-57(6)7)54-80-84(73,74)78-50-59(66)49-77-83(71,72)79-53-60(51-75-62(67)45-37-29-20-15-14-18-26-34-42-56(4)5)81-64(69)47-39-31-21-13-11-10-12-17-25-33-41-55(2)3/h55-61,66H,9-54H2,1-8H3,(H,71,72)(H,73,74)/t58?,59-,60-,61-/m1/s1. The van der Waals surface area contributed by atoms with Crippen molar-refractivity contribution in [2.24, 2.45) is 23.7 Å². The van der Waals surface area contributed by atoms with Crippen LogP contribution in [0.5, 0.6) is 0 Å². The zero-order chi connectivity index (χ0) is 62.5. The highest BCUT2D eigenvalue weighted by molar-refractivity contribution is 7.47. The van der Waals surface area contributed by atoms with Crippen LogP contribution >= 0.6 is 15.6 Å². The molecule has 0 aromatic rings. The third kappa shape index (κ3) is 57.8. The molecule has 0 amide bonds. The number of rotatable bonds is 62. The summed E-state index contributed by atoms with van der Waals surface area (Å²) in [5, 5.41) is 10.5. The van der Waals surface area contributed by atoms with Gasteiger partial charge in [-0.2, -0.15) is 0 Å². The fourth-order valence-corrected chi connectivity index (χ4v) is 11.2. The fraction of sp³-hybridized carbons (Fsp3) is 0.938. The average molecular weight is 1240 g/mol. The van der Waals surface area contributed by atoms with E-state index in [1.54, 1.807) is 0 Å². The van der Waals surface area contributed by atoms with Gasteiger partial charge in [0.25, 0.3) is 0 Å². The molecule has 0 saturated carbocycles. The van der Waals surface area contributed by atoms with Crippen molar-refractivity contribution >= 4 is 39.5 Å². The van der Waals surface area contributed by atoms with Crippen LogP contribution in [-0.4, -0.2) is 96.7 Å². The topological polar surface area (TPSA) is 237 Å². The lowest BCUT2D eigenvalue weighted by molar-refractivity contribution is -0.161. The number of unbranched alkanes of at least 4 members (excludes halogenated alkanes) is 27. The van der Waals surface area contributed by atoms with E-state index in [-0.39, 0.29) is 25.7 Å². The second-order valence-corrected chi connectivity index (χ2v) is 28.1. The number of hydrogen-bond donors (Lipinski definition) is 3. The Kier molecular flexibility index (Phi) is 53.9. The molecule has 0 saturated heterocycles. The van der Waals surface area contributed by atoms with Crippen molar-refractivity contribution in [2.75, 3.05) is 39.6 Å². The summed E-state index contributed by atoms with van der Waals surface area (Å²) >= 11 is 0. The first-order valence-electron chi connectivity index (χ1n) is 33.7. The molecule has 498 valence electrons. The normalized spacial score (nSPS) is 14.7. The summed E-state index contributed by atoms with van der Waals surface area (Å²) < 4.78 is 68.0. The minimum absolute atomic E-state index is 0.102. The van der Waals surface area contributed by atoms with Gasteiger partial charge >= 0.3 is 39.5 Å². The first-order chi connectivity index (χ1) is 40.1. The zero-order valence-corrected chi connectivity index (χ0v) is 56.3. The van der Waals surface area contributed by atoms with Gasteiger partial charge < -0.3 is 33.8 Å². The molecule has 19 heteroatoms. The van der Waals surface area contributed by atoms with Gasteiger partial charge in [0.05, 0.1) is 26.4 Å². The van der Waals surface area contributed by atoms with Gasteiger partial charge in [-0.3, -0.25) is 37.3 Å². The van der Waals surface area contributed by atoms with Crippen molar-refractivity contribution < 1.29 is 80.2 Å². The molecule has 0 bridgehead atoms. The Balaban J connectivity index is 5.26. The maximum absolute atomic E-state index is 13.0. The van der Waals surface area contributed by atoms with E-state index in [1.807, 2.05) is 0 Å². The average Bonchev–Trinajstić information content (AvgIpc) is 3.51. The lowest BCUT2D eigenvalue weighted by Crippen LogP contribution is -2.30. The molecule has 3 N–H and O–H groups in total. The molecular weight excluding hydrogens is 1110 g/mol. The van der Waals surface area contributed by atoms with Crippen molar-refractivity contribution in [1.29, 1.82) is 0 Å². The van der Waals surface area contributed by atoms with Gasteiger partial charge in [-0.05, 0) is 49.4 Å². The number of carbonyl (C=O) groups excluding carboxylic acids is 4. The second kappa shape index (κ2) is 55.2. The molecular formula is C65H126O17P2. The van der Waals surface area contributed by atoms with Gasteiger partial charge in [0.1, 0.15) is 19.3 Å². The Morgan fingerprint density at radius 2 is 0.571 bits per heavy atom. The molecule has 0 radical (unpaired) electrons. The first-order valence-corrected chi connectivity index (χ1v) is 36.7. The smallest absolute Gasteiger partial charge is 0.462 e. The Hall–Kier alpha value is -1.94. The van der Waals surface area contributed by atoms with Crippen LogP contribution in [0, 0.1) is 23.7 Å². The van der Waals surface area contributed by atoms with Crippen molar-refractivity contribution in [2.45, 2.75) is 331 Å². The number of aliphatic hydroxyl groups is 1. The number of aliphatic hydroxyl groups excluding tert-OH is 1. The van der Waals surface area contributed by atoms with E-state index in [4.69, 9.17) is 37.0 Å². The van der Waals surface area contributed by atoms with Gasteiger partial charge in [-0.25, -0.2) is 9.13 Å². The minimum Gasteiger partial charge on any atom is -0.462 e. The summed E-state index contributed by atoms with van der Waals surface area (Å²) in [6.45, 7) is 14.0. The number of hydrogen-bond acceptors (Lipinski definition) is 15. The van der Waals surface area contributed by atoms with Crippen molar-refractivity contribution in [1.82, 2.24) is 0 Å². The first kappa shape index (κ1) is 82.1. The molecule has 84 heavy (non-hydrogen) atoms. The summed E-state index contributed by atoms with van der Waals surface area (Å²) in [4.78, 5) is 72.3. The van der Waals surface area contributed by atoms with Crippen LogP contribution in [0.25, 0.3) is 0 Å². The van der Waals surface area contributed by atoms with Gasteiger partial charge in [-0.1, -0.05) is 261 Å². The molecule has 0 fully saturated rings. The van der Waals surface area contributed by atoms with Crippen molar-refractivity contribution in [3.05, 3.63) is 0 Å². The summed E-state index contributed by atoms with van der Waals surface area (Å²) in [6, 6.07) is 0. The number of phosphoric acid groups is 2. The molecule has 0 aliphatic heterocycles. The lowest BCUT2D eigenvalue weighted by atomic mass is 10.00. The summed E-state index contributed by atoms with van der Waals surface area (Å²) in [5.74, 6) is 0.765. The van der Waals surface area contributed by atoms with Gasteiger partial charge in [0, 0.05) is 25.7 Å². The van der Waals surface area contributed by atoms with Crippen LogP contribution in [0.2, 0.25) is 0 Å². The quantitative estimate of drug-likeness (QED) is 0.0222. The monoisotopic (exact) mass is 1240 g/mol.